The number of rotatable bonds is 7. The highest BCUT2D eigenvalue weighted by molar-refractivity contribution is 5.78. The summed E-state index contributed by atoms with van der Waals surface area (Å²) in [4.78, 5) is 13.2. The van der Waals surface area contributed by atoms with E-state index >= 15 is 0 Å². The van der Waals surface area contributed by atoms with Crippen molar-refractivity contribution in [3.05, 3.63) is 65.7 Å². The van der Waals surface area contributed by atoms with Crippen LogP contribution in [0.4, 0.5) is 0 Å². The number of ether oxygens (including phenoxy) is 1. The molecular weight excluding hydrogens is 332 g/mol. The van der Waals surface area contributed by atoms with Gasteiger partial charge in [0, 0.05) is 18.5 Å². The van der Waals surface area contributed by atoms with Crippen molar-refractivity contribution in [2.75, 3.05) is 13.1 Å². The largest absolute Gasteiger partial charge is 0.489 e. The van der Waals surface area contributed by atoms with E-state index in [0.29, 0.717) is 30.9 Å². The number of nitrogens with two attached hydrogens (primary N) is 1. The highest BCUT2D eigenvalue weighted by Gasteiger charge is 2.36. The van der Waals surface area contributed by atoms with Gasteiger partial charge in [0.25, 0.3) is 0 Å². The SMILES string of the molecule is NC(O)(c1ccc(OCc2ccccc2)cc1)C(O)CN1CCCC1=O. The van der Waals surface area contributed by atoms with Crippen LogP contribution in [0.5, 0.6) is 5.75 Å². The average Bonchev–Trinajstić information content (AvgIpc) is 3.06. The summed E-state index contributed by atoms with van der Waals surface area (Å²) < 4.78 is 5.70. The molecule has 1 aliphatic rings. The average molecular weight is 356 g/mol. The molecule has 1 saturated heterocycles. The number of hydrogen-bond donors (Lipinski definition) is 3. The van der Waals surface area contributed by atoms with Crippen molar-refractivity contribution in [2.45, 2.75) is 31.3 Å². The maximum Gasteiger partial charge on any atom is 0.222 e. The van der Waals surface area contributed by atoms with Gasteiger partial charge in [-0.25, -0.2) is 0 Å². The van der Waals surface area contributed by atoms with Crippen molar-refractivity contribution >= 4 is 5.91 Å². The fourth-order valence-corrected chi connectivity index (χ4v) is 3.00. The molecule has 1 fully saturated rings. The molecule has 6 heteroatoms. The van der Waals surface area contributed by atoms with Crippen LogP contribution in [-0.2, 0) is 17.1 Å². The van der Waals surface area contributed by atoms with Crippen LogP contribution in [0.15, 0.2) is 54.6 Å². The Labute approximate surface area is 152 Å². The van der Waals surface area contributed by atoms with E-state index in [1.54, 1.807) is 24.3 Å². The predicted molar refractivity (Wildman–Crippen MR) is 97.1 cm³/mol. The lowest BCUT2D eigenvalue weighted by Crippen LogP contribution is -2.52. The van der Waals surface area contributed by atoms with Crippen LogP contribution < -0.4 is 10.5 Å². The molecule has 2 atom stereocenters. The summed E-state index contributed by atoms with van der Waals surface area (Å²) in [5.74, 6) is 0.613. The molecule has 1 aliphatic heterocycles. The fraction of sp³-hybridized carbons (Fsp3) is 0.350. The van der Waals surface area contributed by atoms with Crippen LogP contribution in [0.2, 0.25) is 0 Å². The zero-order valence-corrected chi connectivity index (χ0v) is 14.5. The van der Waals surface area contributed by atoms with Gasteiger partial charge >= 0.3 is 0 Å². The second-order valence-electron chi connectivity index (χ2n) is 6.58. The van der Waals surface area contributed by atoms with Gasteiger partial charge in [0.05, 0.1) is 6.54 Å². The van der Waals surface area contributed by atoms with Gasteiger partial charge in [-0.1, -0.05) is 42.5 Å². The molecule has 1 amide bonds. The number of likely N-dealkylation sites (tertiary alicyclic amines) is 1. The zero-order valence-electron chi connectivity index (χ0n) is 14.5. The lowest BCUT2D eigenvalue weighted by Gasteiger charge is -2.32. The maximum absolute atomic E-state index is 11.7. The second kappa shape index (κ2) is 7.86. The number of aliphatic hydroxyl groups is 2. The third kappa shape index (κ3) is 4.22. The van der Waals surface area contributed by atoms with Gasteiger partial charge in [-0.3, -0.25) is 10.5 Å². The van der Waals surface area contributed by atoms with Gasteiger partial charge in [0.2, 0.25) is 5.91 Å². The quantitative estimate of drug-likeness (QED) is 0.651. The van der Waals surface area contributed by atoms with E-state index in [-0.39, 0.29) is 12.5 Å². The van der Waals surface area contributed by atoms with E-state index in [9.17, 15) is 15.0 Å². The summed E-state index contributed by atoms with van der Waals surface area (Å²) in [5.41, 5.74) is 5.42. The Balaban J connectivity index is 1.61. The van der Waals surface area contributed by atoms with Gasteiger partial charge in [-0.05, 0) is 24.1 Å². The first-order valence-corrected chi connectivity index (χ1v) is 8.71. The minimum atomic E-state index is -1.94. The third-order valence-electron chi connectivity index (χ3n) is 4.64. The molecule has 0 aliphatic carbocycles. The summed E-state index contributed by atoms with van der Waals surface area (Å²) in [6.45, 7) is 1.03. The highest BCUT2D eigenvalue weighted by Crippen LogP contribution is 2.24. The standard InChI is InChI=1S/C20H24N2O4/c21-20(25,18(23)13-22-12-4-7-19(22)24)16-8-10-17(11-9-16)26-14-15-5-2-1-3-6-15/h1-3,5-6,8-11,18,23,25H,4,7,12-14,21H2. The van der Waals surface area contributed by atoms with Gasteiger partial charge in [0.15, 0.2) is 5.72 Å². The highest BCUT2D eigenvalue weighted by atomic mass is 16.5. The number of benzene rings is 2. The number of carbonyl (C=O) groups is 1. The molecule has 0 aromatic heterocycles. The number of β-amino-alcohol motifs (C(OH)–C–C–N with tert-alkyl or cyclic N) is 1. The summed E-state index contributed by atoms with van der Waals surface area (Å²) in [5, 5.41) is 20.9. The van der Waals surface area contributed by atoms with Crippen molar-refractivity contribution in [3.8, 4) is 5.75 Å². The van der Waals surface area contributed by atoms with Crippen LogP contribution >= 0.6 is 0 Å². The third-order valence-corrected chi connectivity index (χ3v) is 4.64. The second-order valence-corrected chi connectivity index (χ2v) is 6.58. The van der Waals surface area contributed by atoms with E-state index in [1.807, 2.05) is 30.3 Å². The van der Waals surface area contributed by atoms with Crippen LogP contribution in [-0.4, -0.2) is 40.2 Å². The Bertz CT molecular complexity index is 731. The molecule has 26 heavy (non-hydrogen) atoms. The maximum atomic E-state index is 11.7. The van der Waals surface area contributed by atoms with Crippen molar-refractivity contribution < 1.29 is 19.7 Å². The van der Waals surface area contributed by atoms with Crippen molar-refractivity contribution in [3.63, 3.8) is 0 Å². The van der Waals surface area contributed by atoms with Gasteiger partial charge in [-0.2, -0.15) is 0 Å². The number of carbonyl (C=O) groups excluding carboxylic acids is 1. The summed E-state index contributed by atoms with van der Waals surface area (Å²) in [7, 11) is 0. The first-order chi connectivity index (χ1) is 12.5. The Morgan fingerprint density at radius 2 is 1.85 bits per heavy atom. The molecule has 0 radical (unpaired) electrons. The van der Waals surface area contributed by atoms with Crippen molar-refractivity contribution in [1.82, 2.24) is 4.90 Å². The van der Waals surface area contributed by atoms with Crippen LogP contribution in [0, 0.1) is 0 Å². The minimum absolute atomic E-state index is 0.0120. The lowest BCUT2D eigenvalue weighted by molar-refractivity contribution is -0.133. The minimum Gasteiger partial charge on any atom is -0.489 e. The molecule has 0 spiro atoms. The van der Waals surface area contributed by atoms with Gasteiger partial charge in [-0.15, -0.1) is 0 Å². The van der Waals surface area contributed by atoms with Crippen molar-refractivity contribution in [2.24, 2.45) is 5.73 Å². The molecule has 2 aromatic rings. The lowest BCUT2D eigenvalue weighted by atomic mass is 9.97. The summed E-state index contributed by atoms with van der Waals surface area (Å²) in [6.07, 6.45) is -0.0359. The van der Waals surface area contributed by atoms with Crippen LogP contribution in [0.1, 0.15) is 24.0 Å². The van der Waals surface area contributed by atoms with E-state index in [1.165, 1.54) is 4.90 Å². The molecule has 6 nitrogen and oxygen atoms in total. The van der Waals surface area contributed by atoms with Gasteiger partial charge < -0.3 is 19.8 Å². The molecule has 138 valence electrons. The first-order valence-electron chi connectivity index (χ1n) is 8.71. The molecule has 0 bridgehead atoms. The molecular formula is C20H24N2O4. The molecule has 3 rings (SSSR count). The topological polar surface area (TPSA) is 96.0 Å². The fourth-order valence-electron chi connectivity index (χ4n) is 3.00. The van der Waals surface area contributed by atoms with E-state index in [4.69, 9.17) is 10.5 Å². The number of amides is 1. The van der Waals surface area contributed by atoms with E-state index in [0.717, 1.165) is 12.0 Å². The summed E-state index contributed by atoms with van der Waals surface area (Å²) in [6, 6.07) is 16.4. The van der Waals surface area contributed by atoms with E-state index in [2.05, 4.69) is 0 Å². The molecule has 1 heterocycles. The van der Waals surface area contributed by atoms with E-state index < -0.39 is 11.8 Å². The normalized spacial score (nSPS) is 17.8. The zero-order chi connectivity index (χ0) is 18.6. The van der Waals surface area contributed by atoms with Crippen LogP contribution in [0.3, 0.4) is 0 Å². The number of aliphatic hydroxyl groups excluding tert-OH is 1. The Morgan fingerprint density at radius 3 is 2.46 bits per heavy atom. The molecule has 2 unspecified atom stereocenters. The van der Waals surface area contributed by atoms with Crippen LogP contribution in [0.25, 0.3) is 0 Å². The number of nitrogens with zero attached hydrogens (tertiary/aromatic N) is 1. The first kappa shape index (κ1) is 18.4. The smallest absolute Gasteiger partial charge is 0.222 e. The molecule has 0 saturated carbocycles. The summed E-state index contributed by atoms with van der Waals surface area (Å²) >= 11 is 0. The Hall–Kier alpha value is -2.41. The predicted octanol–water partition coefficient (Wildman–Crippen LogP) is 1.35. The van der Waals surface area contributed by atoms with Gasteiger partial charge in [0.1, 0.15) is 18.5 Å². The monoisotopic (exact) mass is 356 g/mol. The molecule has 4 N–H and O–H groups in total. The van der Waals surface area contributed by atoms with Crippen molar-refractivity contribution in [1.29, 1.82) is 0 Å². The number of hydrogen-bond acceptors (Lipinski definition) is 5. The molecule has 2 aromatic carbocycles. The Morgan fingerprint density at radius 1 is 1.15 bits per heavy atom. The Kier molecular flexibility index (Phi) is 5.56.